The highest BCUT2D eigenvalue weighted by Gasteiger charge is 2.08. The summed E-state index contributed by atoms with van der Waals surface area (Å²) in [6, 6.07) is 0. The van der Waals surface area contributed by atoms with Gasteiger partial charge in [-0.25, -0.2) is 0 Å². The van der Waals surface area contributed by atoms with Gasteiger partial charge in [0.2, 0.25) is 6.79 Å². The van der Waals surface area contributed by atoms with Gasteiger partial charge < -0.3 is 9.47 Å². The van der Waals surface area contributed by atoms with Crippen LogP contribution in [-0.2, 0) is 19.6 Å². The van der Waals surface area contributed by atoms with Crippen molar-refractivity contribution in [3.63, 3.8) is 0 Å². The van der Waals surface area contributed by atoms with Crippen LogP contribution in [0.15, 0.2) is 24.2 Å². The van der Waals surface area contributed by atoms with Gasteiger partial charge in [-0.15, -0.1) is 0 Å². The van der Waals surface area contributed by atoms with Crippen LogP contribution in [0.2, 0.25) is 0 Å². The molecule has 5 nitrogen and oxygen atoms in total. The predicted molar refractivity (Wildman–Crippen MR) is 40.7 cm³/mol. The molecule has 12 heavy (non-hydrogen) atoms. The Morgan fingerprint density at radius 3 is 2.92 bits per heavy atom. The zero-order valence-corrected chi connectivity index (χ0v) is 6.95. The summed E-state index contributed by atoms with van der Waals surface area (Å²) in [5.41, 5.74) is 0.343. The first kappa shape index (κ1) is 9.08. The molecule has 0 unspecified atom stereocenters. The van der Waals surface area contributed by atoms with E-state index in [4.69, 9.17) is 14.0 Å². The Morgan fingerprint density at radius 2 is 2.25 bits per heavy atom. The number of ether oxygens (including phenoxy) is 2. The number of hydrogen-bond acceptors (Lipinski definition) is 4. The third-order valence-corrected chi connectivity index (χ3v) is 1.80. The van der Waals surface area contributed by atoms with E-state index in [2.05, 4.69) is 0 Å². The molecule has 0 aliphatic carbocycles. The first-order chi connectivity index (χ1) is 5.58. The molecule has 0 atom stereocenters. The highest BCUT2D eigenvalue weighted by molar-refractivity contribution is 7.86. The maximum atomic E-state index is 10.4. The molecule has 0 bridgehead atoms. The lowest BCUT2D eigenvalue weighted by Gasteiger charge is -1.96. The number of rotatable bonds is 2. The van der Waals surface area contributed by atoms with E-state index in [0.717, 1.165) is 0 Å². The van der Waals surface area contributed by atoms with Gasteiger partial charge in [-0.05, 0) is 6.08 Å². The minimum Gasteiger partial charge on any atom is -0.465 e. The average molecular weight is 192 g/mol. The van der Waals surface area contributed by atoms with Crippen LogP contribution in [0.25, 0.3) is 0 Å². The van der Waals surface area contributed by atoms with E-state index < -0.39 is 15.9 Å². The van der Waals surface area contributed by atoms with E-state index in [-0.39, 0.29) is 6.79 Å². The summed E-state index contributed by atoms with van der Waals surface area (Å²) in [4.78, 5) is 0. The first-order valence-electron chi connectivity index (χ1n) is 3.12. The third kappa shape index (κ3) is 3.40. The molecule has 0 saturated heterocycles. The van der Waals surface area contributed by atoms with Gasteiger partial charge in [0.25, 0.3) is 10.1 Å². The second-order valence-corrected chi connectivity index (χ2v) is 3.63. The lowest BCUT2D eigenvalue weighted by atomic mass is 10.3. The molecule has 6 heteroatoms. The molecular weight excluding hydrogens is 184 g/mol. The van der Waals surface area contributed by atoms with E-state index in [9.17, 15) is 8.42 Å². The molecule has 0 aromatic carbocycles. The van der Waals surface area contributed by atoms with Crippen molar-refractivity contribution in [2.75, 3.05) is 12.5 Å². The average Bonchev–Trinajstić information content (AvgIpc) is 2.12. The zero-order chi connectivity index (χ0) is 9.03. The van der Waals surface area contributed by atoms with Gasteiger partial charge >= 0.3 is 0 Å². The van der Waals surface area contributed by atoms with Crippen LogP contribution < -0.4 is 0 Å². The molecule has 0 saturated carbocycles. The standard InChI is InChI=1S/C6H8O5S/c7-12(8,9)4-6-1-2-10-5-11-3-6/h1-3H,4-5H2,(H,7,8,9). The van der Waals surface area contributed by atoms with Crippen LogP contribution in [0.5, 0.6) is 0 Å². The first-order valence-corrected chi connectivity index (χ1v) is 4.73. The van der Waals surface area contributed by atoms with Crippen molar-refractivity contribution >= 4 is 10.1 Å². The van der Waals surface area contributed by atoms with Gasteiger partial charge in [0.1, 0.15) is 5.75 Å². The third-order valence-electron chi connectivity index (χ3n) is 1.10. The van der Waals surface area contributed by atoms with Crippen LogP contribution in [0.3, 0.4) is 0 Å². The van der Waals surface area contributed by atoms with E-state index >= 15 is 0 Å². The van der Waals surface area contributed by atoms with Crippen molar-refractivity contribution in [3.8, 4) is 0 Å². The highest BCUT2D eigenvalue weighted by Crippen LogP contribution is 2.05. The van der Waals surface area contributed by atoms with Crippen molar-refractivity contribution < 1.29 is 22.4 Å². The van der Waals surface area contributed by atoms with Gasteiger partial charge in [0, 0.05) is 5.57 Å². The minimum absolute atomic E-state index is 0.0471. The van der Waals surface area contributed by atoms with E-state index in [1.807, 2.05) is 0 Å². The Morgan fingerprint density at radius 1 is 1.50 bits per heavy atom. The van der Waals surface area contributed by atoms with Gasteiger partial charge in [-0.3, -0.25) is 4.55 Å². The topological polar surface area (TPSA) is 72.8 Å². The minimum atomic E-state index is -4.00. The molecule has 0 aromatic heterocycles. The lowest BCUT2D eigenvalue weighted by molar-refractivity contribution is 0.0479. The second kappa shape index (κ2) is 3.59. The molecule has 68 valence electrons. The number of allylic oxidation sites excluding steroid dienone is 1. The Bertz CT molecular complexity index is 300. The van der Waals surface area contributed by atoms with Gasteiger partial charge in [0.05, 0.1) is 12.5 Å². The quantitative estimate of drug-likeness (QED) is 0.636. The summed E-state index contributed by atoms with van der Waals surface area (Å²) in [6.07, 6.45) is 3.96. The lowest BCUT2D eigenvalue weighted by Crippen LogP contribution is -2.05. The summed E-state index contributed by atoms with van der Waals surface area (Å²) in [5, 5.41) is 0. The maximum Gasteiger partial charge on any atom is 0.269 e. The van der Waals surface area contributed by atoms with Crippen LogP contribution in [0, 0.1) is 0 Å². The van der Waals surface area contributed by atoms with Crippen molar-refractivity contribution in [3.05, 3.63) is 24.2 Å². The van der Waals surface area contributed by atoms with E-state index in [0.29, 0.717) is 5.57 Å². The predicted octanol–water partition coefficient (Wildman–Crippen LogP) is 0.276. The fourth-order valence-electron chi connectivity index (χ4n) is 0.687. The van der Waals surface area contributed by atoms with Crippen LogP contribution in [0.4, 0.5) is 0 Å². The summed E-state index contributed by atoms with van der Waals surface area (Å²) < 4.78 is 38.7. The fraction of sp³-hybridized carbons (Fsp3) is 0.333. The normalized spacial score (nSPS) is 17.2. The van der Waals surface area contributed by atoms with Crippen molar-refractivity contribution in [1.29, 1.82) is 0 Å². The molecule has 0 amide bonds. The van der Waals surface area contributed by atoms with Crippen LogP contribution in [0.1, 0.15) is 0 Å². The number of hydrogen-bond donors (Lipinski definition) is 1. The molecule has 0 aromatic rings. The fourth-order valence-corrected chi connectivity index (χ4v) is 1.27. The molecule has 1 aliphatic heterocycles. The van der Waals surface area contributed by atoms with Crippen LogP contribution >= 0.6 is 0 Å². The monoisotopic (exact) mass is 192 g/mol. The molecule has 1 aliphatic rings. The Hall–Kier alpha value is -1.01. The van der Waals surface area contributed by atoms with Gasteiger partial charge in [-0.2, -0.15) is 8.42 Å². The van der Waals surface area contributed by atoms with Gasteiger partial charge in [-0.1, -0.05) is 0 Å². The van der Waals surface area contributed by atoms with E-state index in [1.165, 1.54) is 18.6 Å². The van der Waals surface area contributed by atoms with Crippen molar-refractivity contribution in [2.45, 2.75) is 0 Å². The second-order valence-electron chi connectivity index (χ2n) is 2.17. The summed E-state index contributed by atoms with van der Waals surface area (Å²) in [7, 11) is -4.00. The van der Waals surface area contributed by atoms with Crippen LogP contribution in [-0.4, -0.2) is 25.5 Å². The smallest absolute Gasteiger partial charge is 0.269 e. The van der Waals surface area contributed by atoms with Crippen molar-refractivity contribution in [2.24, 2.45) is 0 Å². The molecule has 0 spiro atoms. The van der Waals surface area contributed by atoms with E-state index in [1.54, 1.807) is 0 Å². The highest BCUT2D eigenvalue weighted by atomic mass is 32.2. The summed E-state index contributed by atoms with van der Waals surface area (Å²) in [5.74, 6) is -0.465. The molecule has 1 rings (SSSR count). The molecular formula is C6H8O5S. The summed E-state index contributed by atoms with van der Waals surface area (Å²) >= 11 is 0. The molecule has 0 fully saturated rings. The molecule has 0 radical (unpaired) electrons. The molecule has 1 heterocycles. The Balaban J connectivity index is 2.67. The summed E-state index contributed by atoms with van der Waals surface area (Å²) in [6.45, 7) is 0.0471. The zero-order valence-electron chi connectivity index (χ0n) is 6.13. The molecule has 1 N–H and O–H groups in total. The maximum absolute atomic E-state index is 10.4. The van der Waals surface area contributed by atoms with Gasteiger partial charge in [0.15, 0.2) is 0 Å². The van der Waals surface area contributed by atoms with Crippen molar-refractivity contribution in [1.82, 2.24) is 0 Å². The Labute approximate surface area is 70.0 Å². The largest absolute Gasteiger partial charge is 0.465 e. The SMILES string of the molecule is O=S(=O)(O)CC1=COCOC=C1. The Kier molecular flexibility index (Phi) is 2.72.